The van der Waals surface area contributed by atoms with Gasteiger partial charge in [-0.1, -0.05) is 13.3 Å². The highest BCUT2D eigenvalue weighted by atomic mass is 79.9. The first kappa shape index (κ1) is 25.6. The Labute approximate surface area is 208 Å². The second-order valence-electron chi connectivity index (χ2n) is 7.39. The van der Waals surface area contributed by atoms with Crippen LogP contribution in [0.2, 0.25) is 0 Å². The van der Waals surface area contributed by atoms with Crippen molar-refractivity contribution >= 4 is 43.2 Å². The van der Waals surface area contributed by atoms with Crippen LogP contribution in [0.25, 0.3) is 0 Å². The molecule has 0 bridgehead atoms. The number of rotatable bonds is 11. The maximum Gasteiger partial charge on any atom is 0.261 e. The summed E-state index contributed by atoms with van der Waals surface area (Å²) in [5.74, 6) is 1.03. The van der Waals surface area contributed by atoms with E-state index in [9.17, 15) is 13.2 Å². The van der Waals surface area contributed by atoms with E-state index >= 15 is 0 Å². The van der Waals surface area contributed by atoms with Gasteiger partial charge in [-0.15, -0.1) is 0 Å². The molecule has 0 saturated carbocycles. The average molecular weight is 547 g/mol. The zero-order valence-electron chi connectivity index (χ0n) is 19.0. The van der Waals surface area contributed by atoms with Crippen LogP contribution in [-0.4, -0.2) is 27.5 Å². The van der Waals surface area contributed by atoms with E-state index in [1.807, 2.05) is 6.92 Å². The standard InChI is InChI=1S/C25H27BrN2O5S/c1-3-5-16-33-24-15-6-18(17-23(24)26)25(29)27-19-9-13-22(14-10-19)34(30,31)28-20-7-11-21(12-8-20)32-4-2/h6-15,17,28H,3-5,16H2,1-2H3,(H,27,29). The van der Waals surface area contributed by atoms with Gasteiger partial charge in [0.1, 0.15) is 11.5 Å². The summed E-state index contributed by atoms with van der Waals surface area (Å²) in [5.41, 5.74) is 1.35. The highest BCUT2D eigenvalue weighted by Crippen LogP contribution is 2.27. The van der Waals surface area contributed by atoms with E-state index in [2.05, 4.69) is 32.9 Å². The van der Waals surface area contributed by atoms with Crippen LogP contribution < -0.4 is 19.5 Å². The van der Waals surface area contributed by atoms with Crippen molar-refractivity contribution in [3.8, 4) is 11.5 Å². The fraction of sp³-hybridized carbons (Fsp3) is 0.240. The van der Waals surface area contributed by atoms with Gasteiger partial charge in [0, 0.05) is 16.9 Å². The molecular formula is C25H27BrN2O5S. The van der Waals surface area contributed by atoms with Crippen molar-refractivity contribution in [2.24, 2.45) is 0 Å². The molecule has 0 aromatic heterocycles. The quantitative estimate of drug-likeness (QED) is 0.284. The Balaban J connectivity index is 1.63. The largest absolute Gasteiger partial charge is 0.494 e. The van der Waals surface area contributed by atoms with Crippen molar-refractivity contribution in [2.45, 2.75) is 31.6 Å². The number of hydrogen-bond acceptors (Lipinski definition) is 5. The lowest BCUT2D eigenvalue weighted by atomic mass is 10.2. The van der Waals surface area contributed by atoms with Gasteiger partial charge in [-0.05, 0) is 96.0 Å². The third-order valence-corrected chi connectivity index (χ3v) is 6.81. The summed E-state index contributed by atoms with van der Waals surface area (Å²) in [7, 11) is -3.78. The first-order valence-corrected chi connectivity index (χ1v) is 13.2. The van der Waals surface area contributed by atoms with Gasteiger partial charge < -0.3 is 14.8 Å². The lowest BCUT2D eigenvalue weighted by Crippen LogP contribution is -2.14. The Morgan fingerprint density at radius 2 is 1.59 bits per heavy atom. The molecule has 2 N–H and O–H groups in total. The van der Waals surface area contributed by atoms with Crippen LogP contribution in [0.5, 0.6) is 11.5 Å². The molecule has 3 aromatic carbocycles. The highest BCUT2D eigenvalue weighted by molar-refractivity contribution is 9.10. The normalized spacial score (nSPS) is 11.0. The molecule has 0 atom stereocenters. The number of benzene rings is 3. The minimum absolute atomic E-state index is 0.0794. The minimum Gasteiger partial charge on any atom is -0.494 e. The molecule has 1 amide bonds. The van der Waals surface area contributed by atoms with Gasteiger partial charge in [-0.2, -0.15) is 0 Å². The van der Waals surface area contributed by atoms with Crippen LogP contribution in [0.15, 0.2) is 76.1 Å². The van der Waals surface area contributed by atoms with Crippen LogP contribution in [0, 0.1) is 0 Å². The van der Waals surface area contributed by atoms with Crippen molar-refractivity contribution in [1.29, 1.82) is 0 Å². The molecule has 0 radical (unpaired) electrons. The van der Waals surface area contributed by atoms with Crippen LogP contribution in [-0.2, 0) is 10.0 Å². The summed E-state index contributed by atoms with van der Waals surface area (Å²) < 4.78 is 39.6. The Bertz CT molecular complexity index is 1210. The molecule has 3 aromatic rings. The van der Waals surface area contributed by atoms with E-state index in [0.29, 0.717) is 46.1 Å². The number of nitrogens with one attached hydrogen (secondary N) is 2. The van der Waals surface area contributed by atoms with Gasteiger partial charge in [-0.3, -0.25) is 9.52 Å². The van der Waals surface area contributed by atoms with E-state index in [4.69, 9.17) is 9.47 Å². The van der Waals surface area contributed by atoms with Gasteiger partial charge in [0.2, 0.25) is 0 Å². The van der Waals surface area contributed by atoms with Crippen molar-refractivity contribution in [1.82, 2.24) is 0 Å². The predicted octanol–water partition coefficient (Wildman–Crippen LogP) is 6.08. The number of halogens is 1. The van der Waals surface area contributed by atoms with Crippen molar-refractivity contribution in [2.75, 3.05) is 23.3 Å². The molecule has 3 rings (SSSR count). The van der Waals surface area contributed by atoms with E-state index in [1.165, 1.54) is 12.1 Å². The highest BCUT2D eigenvalue weighted by Gasteiger charge is 2.15. The molecule has 9 heteroatoms. The first-order chi connectivity index (χ1) is 16.3. The topological polar surface area (TPSA) is 93.7 Å². The number of hydrogen-bond donors (Lipinski definition) is 2. The van der Waals surface area contributed by atoms with E-state index in [-0.39, 0.29) is 10.8 Å². The van der Waals surface area contributed by atoms with Crippen LogP contribution >= 0.6 is 15.9 Å². The Morgan fingerprint density at radius 3 is 2.21 bits per heavy atom. The molecule has 0 aliphatic rings. The maximum absolute atomic E-state index is 12.7. The van der Waals surface area contributed by atoms with Crippen molar-refractivity contribution in [3.63, 3.8) is 0 Å². The number of carbonyl (C=O) groups excluding carboxylic acids is 1. The molecule has 34 heavy (non-hydrogen) atoms. The van der Waals surface area contributed by atoms with E-state index in [1.54, 1.807) is 54.6 Å². The summed E-state index contributed by atoms with van der Waals surface area (Å²) in [5, 5.41) is 2.77. The smallest absolute Gasteiger partial charge is 0.261 e. The van der Waals surface area contributed by atoms with E-state index < -0.39 is 10.0 Å². The SMILES string of the molecule is CCCCOc1ccc(C(=O)Nc2ccc(S(=O)(=O)Nc3ccc(OCC)cc3)cc2)cc1Br. The summed E-state index contributed by atoms with van der Waals surface area (Å²) in [6, 6.07) is 17.7. The number of sulfonamides is 1. The minimum atomic E-state index is -3.78. The molecule has 0 spiro atoms. The maximum atomic E-state index is 12.7. The molecule has 7 nitrogen and oxygen atoms in total. The monoisotopic (exact) mass is 546 g/mol. The zero-order valence-corrected chi connectivity index (χ0v) is 21.4. The van der Waals surface area contributed by atoms with Crippen LogP contribution in [0.3, 0.4) is 0 Å². The van der Waals surface area contributed by atoms with Gasteiger partial charge in [0.25, 0.3) is 15.9 Å². The van der Waals surface area contributed by atoms with Gasteiger partial charge in [0.15, 0.2) is 0 Å². The third-order valence-electron chi connectivity index (χ3n) is 4.79. The van der Waals surface area contributed by atoms with Crippen molar-refractivity contribution < 1.29 is 22.7 Å². The zero-order chi connectivity index (χ0) is 24.6. The van der Waals surface area contributed by atoms with Gasteiger partial charge >= 0.3 is 0 Å². The first-order valence-electron chi connectivity index (χ1n) is 10.9. The number of amides is 1. The molecular weight excluding hydrogens is 520 g/mol. The number of anilines is 2. The lowest BCUT2D eigenvalue weighted by Gasteiger charge is -2.11. The summed E-state index contributed by atoms with van der Waals surface area (Å²) >= 11 is 3.44. The van der Waals surface area contributed by atoms with Crippen molar-refractivity contribution in [3.05, 3.63) is 76.8 Å². The Morgan fingerprint density at radius 1 is 0.912 bits per heavy atom. The molecule has 180 valence electrons. The van der Waals surface area contributed by atoms with Gasteiger partial charge in [0.05, 0.1) is 22.6 Å². The second-order valence-corrected chi connectivity index (χ2v) is 9.93. The summed E-state index contributed by atoms with van der Waals surface area (Å²) in [4.78, 5) is 12.7. The Kier molecular flexibility index (Phi) is 8.95. The lowest BCUT2D eigenvalue weighted by molar-refractivity contribution is 0.102. The molecule has 0 unspecified atom stereocenters. The summed E-state index contributed by atoms with van der Waals surface area (Å²) in [6.45, 7) is 5.11. The second kappa shape index (κ2) is 11.9. The van der Waals surface area contributed by atoms with E-state index in [0.717, 1.165) is 12.8 Å². The molecule has 0 fully saturated rings. The van der Waals surface area contributed by atoms with Crippen LogP contribution in [0.4, 0.5) is 11.4 Å². The average Bonchev–Trinajstić information content (AvgIpc) is 2.82. The number of unbranched alkanes of at least 4 members (excludes halogenated alkanes) is 1. The molecule has 0 heterocycles. The fourth-order valence-electron chi connectivity index (χ4n) is 3.01. The third kappa shape index (κ3) is 6.98. The summed E-state index contributed by atoms with van der Waals surface area (Å²) in [6.07, 6.45) is 1.99. The predicted molar refractivity (Wildman–Crippen MR) is 137 cm³/mol. The number of ether oxygens (including phenoxy) is 2. The fourth-order valence-corrected chi connectivity index (χ4v) is 4.56. The van der Waals surface area contributed by atoms with Gasteiger partial charge in [-0.25, -0.2) is 8.42 Å². The molecule has 0 aliphatic carbocycles. The molecule has 0 aliphatic heterocycles. The Hall–Kier alpha value is -3.04. The number of carbonyl (C=O) groups is 1. The van der Waals surface area contributed by atoms with Crippen LogP contribution in [0.1, 0.15) is 37.0 Å². The molecule has 0 saturated heterocycles.